The van der Waals surface area contributed by atoms with Gasteiger partial charge in [0.25, 0.3) is 6.29 Å². The fourth-order valence-electron chi connectivity index (χ4n) is 8.63. The van der Waals surface area contributed by atoms with Crippen LogP contribution in [0.2, 0.25) is 0 Å². The Labute approximate surface area is 544 Å². The van der Waals surface area contributed by atoms with Crippen molar-refractivity contribution >= 4 is 17.9 Å². The van der Waals surface area contributed by atoms with Crippen LogP contribution in [0.15, 0.2) is 194 Å². The van der Waals surface area contributed by atoms with Gasteiger partial charge in [-0.2, -0.15) is 0 Å². The van der Waals surface area contributed by atoms with Gasteiger partial charge in [-0.3, -0.25) is 9.59 Å². The first-order chi connectivity index (χ1) is 43.6. The molecule has 0 aliphatic rings. The fraction of sp³-hybridized carbons (Fsp3) is 0.562. The van der Waals surface area contributed by atoms with E-state index in [1.54, 1.807) is 0 Å². The molecular formula is C80H126NO8+. The molecule has 0 aliphatic carbocycles. The van der Waals surface area contributed by atoms with Gasteiger partial charge in [-0.15, -0.1) is 0 Å². The number of carbonyl (C=O) groups excluding carboxylic acids is 2. The second kappa shape index (κ2) is 68.0. The zero-order valence-electron chi connectivity index (χ0n) is 56.8. The second-order valence-corrected chi connectivity index (χ2v) is 23.4. The first kappa shape index (κ1) is 83.1. The summed E-state index contributed by atoms with van der Waals surface area (Å²) in [7, 11) is 5.95. The largest absolute Gasteiger partial charge is 0.477 e. The van der Waals surface area contributed by atoms with Crippen LogP contribution in [0.3, 0.4) is 0 Å². The van der Waals surface area contributed by atoms with Crippen LogP contribution in [-0.4, -0.2) is 87.4 Å². The molecule has 0 saturated carbocycles. The van der Waals surface area contributed by atoms with Crippen LogP contribution >= 0.6 is 0 Å². The minimum absolute atomic E-state index is 0.171. The van der Waals surface area contributed by atoms with Crippen molar-refractivity contribution in [3.63, 3.8) is 0 Å². The summed E-state index contributed by atoms with van der Waals surface area (Å²) >= 11 is 0. The van der Waals surface area contributed by atoms with Gasteiger partial charge in [0.2, 0.25) is 0 Å². The van der Waals surface area contributed by atoms with E-state index in [0.29, 0.717) is 23.9 Å². The number of quaternary nitrogens is 1. The van der Waals surface area contributed by atoms with Crippen LogP contribution in [0.5, 0.6) is 0 Å². The number of esters is 2. The number of ether oxygens (including phenoxy) is 4. The van der Waals surface area contributed by atoms with E-state index in [4.69, 9.17) is 18.9 Å². The summed E-state index contributed by atoms with van der Waals surface area (Å²) in [6, 6.07) is 0. The number of hydrogen-bond acceptors (Lipinski definition) is 7. The van der Waals surface area contributed by atoms with Crippen LogP contribution in [0, 0.1) is 0 Å². The first-order valence-electron chi connectivity index (χ1n) is 34.6. The molecule has 1 N–H and O–H groups in total. The lowest BCUT2D eigenvalue weighted by Crippen LogP contribution is -2.40. The highest BCUT2D eigenvalue weighted by Crippen LogP contribution is 2.15. The Hall–Kier alpha value is -5.87. The summed E-state index contributed by atoms with van der Waals surface area (Å²) in [6.07, 6.45) is 102. The number of allylic oxidation sites excluding steroid dienone is 32. The van der Waals surface area contributed by atoms with Crippen molar-refractivity contribution in [2.75, 3.05) is 47.5 Å². The van der Waals surface area contributed by atoms with Gasteiger partial charge < -0.3 is 28.5 Å². The highest BCUT2D eigenvalue weighted by atomic mass is 16.7. The van der Waals surface area contributed by atoms with Crippen LogP contribution < -0.4 is 0 Å². The van der Waals surface area contributed by atoms with E-state index >= 15 is 0 Å². The predicted octanol–water partition coefficient (Wildman–Crippen LogP) is 21.8. The van der Waals surface area contributed by atoms with Crippen LogP contribution in [0.1, 0.15) is 232 Å². The fourth-order valence-corrected chi connectivity index (χ4v) is 8.63. The average Bonchev–Trinajstić information content (AvgIpc) is 3.64. The van der Waals surface area contributed by atoms with Gasteiger partial charge in [0.15, 0.2) is 6.10 Å². The number of rotatable bonds is 61. The Morgan fingerprint density at radius 1 is 0.337 bits per heavy atom. The smallest absolute Gasteiger partial charge is 0.361 e. The number of carbonyl (C=O) groups is 3. The van der Waals surface area contributed by atoms with Gasteiger partial charge in [0.1, 0.15) is 13.2 Å². The van der Waals surface area contributed by atoms with Crippen molar-refractivity contribution in [3.8, 4) is 0 Å². The van der Waals surface area contributed by atoms with E-state index in [2.05, 4.69) is 208 Å². The maximum Gasteiger partial charge on any atom is 0.361 e. The van der Waals surface area contributed by atoms with Gasteiger partial charge in [-0.05, 0) is 141 Å². The van der Waals surface area contributed by atoms with E-state index < -0.39 is 24.3 Å². The molecule has 0 bridgehead atoms. The summed E-state index contributed by atoms with van der Waals surface area (Å²) < 4.78 is 22.9. The molecule has 498 valence electrons. The molecule has 0 spiro atoms. The van der Waals surface area contributed by atoms with Crippen LogP contribution in [-0.2, 0) is 33.3 Å². The van der Waals surface area contributed by atoms with Crippen molar-refractivity contribution < 1.29 is 42.9 Å². The standard InChI is InChI=1S/C80H125NO8/c1-6-8-10-12-14-16-18-20-22-24-26-28-30-32-33-34-35-36-37-38-39-40-41-42-43-44-45-47-49-51-53-55-57-59-61-63-65-67-69-71-78(83)89-76(75-88-80(79(84)85)86-73-72-81(3,4)5)74-87-77(82)70-68-66-64-62-60-58-56-54-52-50-48-46-31-29-27-25-23-21-19-17-15-13-11-9-7-2/h8-11,14-17,20-23,26-29,32-33,35-36,38-39,41-42,44-46,48,52,54,58,60,76,80H,6-7,12-13,18-19,24-25,30-31,34,37,40,43,47,49-51,53,55-57,59,61-75H2,1-5H3/p+1/b10-8-,11-9-,16-14-,17-15-,22-20-,23-21-,28-26-,29-27-,33-32-,36-35-,39-38-,42-41-,45-44-,48-46-,54-52-,60-58-. The molecule has 0 aliphatic heterocycles. The number of nitrogens with zero attached hydrogens (tertiary/aromatic N) is 1. The number of likely N-dealkylation sites (N-methyl/N-ethyl adjacent to an activating group) is 1. The molecule has 0 radical (unpaired) electrons. The molecule has 0 rings (SSSR count). The lowest BCUT2D eigenvalue weighted by molar-refractivity contribution is -0.870. The Kier molecular flexibility index (Phi) is 63.6. The molecule has 0 aromatic heterocycles. The maximum absolute atomic E-state index is 12.9. The van der Waals surface area contributed by atoms with E-state index in [1.807, 2.05) is 21.1 Å². The molecule has 0 saturated heterocycles. The molecule has 89 heavy (non-hydrogen) atoms. The predicted molar refractivity (Wildman–Crippen MR) is 382 cm³/mol. The van der Waals surface area contributed by atoms with E-state index in [-0.39, 0.29) is 38.6 Å². The Balaban J connectivity index is 4.24. The van der Waals surface area contributed by atoms with Crippen molar-refractivity contribution in [1.29, 1.82) is 0 Å². The summed E-state index contributed by atoms with van der Waals surface area (Å²) in [5.74, 6) is -2.07. The molecule has 0 heterocycles. The van der Waals surface area contributed by atoms with Crippen LogP contribution in [0.4, 0.5) is 0 Å². The maximum atomic E-state index is 12.9. The summed E-state index contributed by atoms with van der Waals surface area (Å²) in [5, 5.41) is 9.74. The first-order valence-corrected chi connectivity index (χ1v) is 34.6. The van der Waals surface area contributed by atoms with Crippen molar-refractivity contribution in [2.45, 2.75) is 245 Å². The lowest BCUT2D eigenvalue weighted by atomic mass is 10.0. The molecule has 0 aromatic rings. The number of unbranched alkanes of at least 4 members (excludes halogenated alkanes) is 14. The van der Waals surface area contributed by atoms with E-state index in [9.17, 15) is 19.5 Å². The van der Waals surface area contributed by atoms with Crippen molar-refractivity contribution in [3.05, 3.63) is 194 Å². The molecule has 9 heteroatoms. The Morgan fingerprint density at radius 3 is 0.910 bits per heavy atom. The molecule has 2 atom stereocenters. The molecule has 9 nitrogen and oxygen atoms in total. The van der Waals surface area contributed by atoms with Crippen molar-refractivity contribution in [2.24, 2.45) is 0 Å². The summed E-state index contributed by atoms with van der Waals surface area (Å²) in [4.78, 5) is 37.6. The average molecular weight is 1230 g/mol. The summed E-state index contributed by atoms with van der Waals surface area (Å²) in [5.41, 5.74) is 0. The van der Waals surface area contributed by atoms with E-state index in [0.717, 1.165) is 148 Å². The topological polar surface area (TPSA) is 108 Å². The Bertz CT molecular complexity index is 2160. The lowest BCUT2D eigenvalue weighted by Gasteiger charge is -2.25. The normalized spacial score (nSPS) is 13.9. The minimum atomic E-state index is -1.53. The SMILES string of the molecule is CC/C=C\C/C=C\C/C=C\C/C=C\C/C=C\C/C=C\C/C=C\C/C=C\C/C=C\CCCCCCCCCCCCCC(=O)OC(COC(=O)CCCCC/C=C\C/C=C\C/C=C\C/C=C\C/C=C\C/C=C\C/C=C\CC)COC(OCC[N+](C)(C)C)C(=O)O. The monoisotopic (exact) mass is 1230 g/mol. The van der Waals surface area contributed by atoms with Gasteiger partial charge in [-0.25, -0.2) is 4.79 Å². The third-order valence-corrected chi connectivity index (χ3v) is 13.8. The highest BCUT2D eigenvalue weighted by Gasteiger charge is 2.25. The van der Waals surface area contributed by atoms with E-state index in [1.165, 1.54) is 44.9 Å². The van der Waals surface area contributed by atoms with Crippen molar-refractivity contribution in [1.82, 2.24) is 0 Å². The zero-order chi connectivity index (χ0) is 64.7. The second-order valence-electron chi connectivity index (χ2n) is 23.4. The number of hydrogen-bond donors (Lipinski definition) is 1. The van der Waals surface area contributed by atoms with Crippen LogP contribution in [0.25, 0.3) is 0 Å². The number of aliphatic carboxylic acids is 1. The molecular weight excluding hydrogens is 1100 g/mol. The third-order valence-electron chi connectivity index (χ3n) is 13.8. The van der Waals surface area contributed by atoms with Gasteiger partial charge in [0, 0.05) is 12.8 Å². The van der Waals surface area contributed by atoms with Gasteiger partial charge in [0.05, 0.1) is 34.4 Å². The third kappa shape index (κ3) is 69.5. The van der Waals surface area contributed by atoms with Gasteiger partial charge in [-0.1, -0.05) is 272 Å². The molecule has 2 unspecified atom stereocenters. The van der Waals surface area contributed by atoms with Gasteiger partial charge >= 0.3 is 17.9 Å². The molecule has 0 fully saturated rings. The number of carboxylic acid groups (broad SMARTS) is 1. The Morgan fingerprint density at radius 2 is 0.607 bits per heavy atom. The minimum Gasteiger partial charge on any atom is -0.477 e. The quantitative estimate of drug-likeness (QED) is 0.0211. The highest BCUT2D eigenvalue weighted by molar-refractivity contribution is 5.71. The molecule has 0 amide bonds. The summed E-state index contributed by atoms with van der Waals surface area (Å²) in [6.45, 7) is 4.58. The molecule has 0 aromatic carbocycles. The number of carboxylic acids is 1. The zero-order valence-corrected chi connectivity index (χ0v) is 56.8.